The Labute approximate surface area is 130 Å². The van der Waals surface area contributed by atoms with Gasteiger partial charge in [0.05, 0.1) is 32.3 Å². The van der Waals surface area contributed by atoms with Gasteiger partial charge in [-0.3, -0.25) is 0 Å². The fourth-order valence-electron chi connectivity index (χ4n) is 2.26. The van der Waals surface area contributed by atoms with E-state index in [1.807, 2.05) is 42.5 Å². The molecule has 1 atom stereocenters. The Balaban J connectivity index is 2.24. The molecule has 0 saturated carbocycles. The predicted octanol–water partition coefficient (Wildman–Crippen LogP) is 4.24. The molecule has 2 rings (SSSR count). The Bertz CT molecular complexity index is 559. The second-order valence-electron chi connectivity index (χ2n) is 4.60. The van der Waals surface area contributed by atoms with E-state index in [0.29, 0.717) is 6.42 Å². The van der Waals surface area contributed by atoms with Crippen LogP contribution >= 0.6 is 11.6 Å². The summed E-state index contributed by atoms with van der Waals surface area (Å²) in [6.45, 7) is 0. The van der Waals surface area contributed by atoms with Crippen molar-refractivity contribution < 1.29 is 14.2 Å². The molecule has 0 bridgehead atoms. The lowest BCUT2D eigenvalue weighted by Crippen LogP contribution is -2.02. The van der Waals surface area contributed by atoms with Crippen molar-refractivity contribution in [3.05, 3.63) is 53.6 Å². The zero-order chi connectivity index (χ0) is 15.2. The molecule has 0 aromatic heterocycles. The van der Waals surface area contributed by atoms with E-state index in [-0.39, 0.29) is 5.38 Å². The van der Waals surface area contributed by atoms with Crippen molar-refractivity contribution in [3.63, 3.8) is 0 Å². The third-order valence-electron chi connectivity index (χ3n) is 3.35. The number of methoxy groups -OCH3 is 3. The van der Waals surface area contributed by atoms with Crippen LogP contribution in [-0.2, 0) is 6.42 Å². The molecule has 21 heavy (non-hydrogen) atoms. The number of alkyl halides is 1. The van der Waals surface area contributed by atoms with Crippen LogP contribution in [0.5, 0.6) is 17.2 Å². The van der Waals surface area contributed by atoms with E-state index in [2.05, 4.69) is 0 Å². The largest absolute Gasteiger partial charge is 0.497 e. The Morgan fingerprint density at radius 2 is 1.43 bits per heavy atom. The summed E-state index contributed by atoms with van der Waals surface area (Å²) in [4.78, 5) is 0. The van der Waals surface area contributed by atoms with Crippen molar-refractivity contribution >= 4 is 11.6 Å². The highest BCUT2D eigenvalue weighted by molar-refractivity contribution is 6.21. The van der Waals surface area contributed by atoms with Gasteiger partial charge < -0.3 is 14.2 Å². The molecule has 3 nitrogen and oxygen atoms in total. The zero-order valence-electron chi connectivity index (χ0n) is 12.4. The minimum Gasteiger partial charge on any atom is -0.497 e. The monoisotopic (exact) mass is 306 g/mol. The van der Waals surface area contributed by atoms with Crippen LogP contribution in [0.25, 0.3) is 0 Å². The Kier molecular flexibility index (Phi) is 5.34. The lowest BCUT2D eigenvalue weighted by atomic mass is 10.0. The minimum absolute atomic E-state index is 0.232. The SMILES string of the molecule is COc1ccc(CC(Cl)c2c(OC)cccc2OC)cc1. The van der Waals surface area contributed by atoms with Gasteiger partial charge >= 0.3 is 0 Å². The molecule has 0 N–H and O–H groups in total. The van der Waals surface area contributed by atoms with Gasteiger partial charge in [0.1, 0.15) is 17.2 Å². The number of hydrogen-bond acceptors (Lipinski definition) is 3. The predicted molar refractivity (Wildman–Crippen MR) is 84.8 cm³/mol. The Morgan fingerprint density at radius 1 is 0.857 bits per heavy atom. The molecule has 4 heteroatoms. The maximum atomic E-state index is 6.59. The van der Waals surface area contributed by atoms with Crippen LogP contribution in [-0.4, -0.2) is 21.3 Å². The fourth-order valence-corrected chi connectivity index (χ4v) is 2.65. The van der Waals surface area contributed by atoms with Crippen LogP contribution in [0, 0.1) is 0 Å². The fraction of sp³-hybridized carbons (Fsp3) is 0.294. The van der Waals surface area contributed by atoms with Gasteiger partial charge in [-0.25, -0.2) is 0 Å². The Morgan fingerprint density at radius 3 is 1.90 bits per heavy atom. The van der Waals surface area contributed by atoms with E-state index in [9.17, 15) is 0 Å². The maximum Gasteiger partial charge on any atom is 0.127 e. The van der Waals surface area contributed by atoms with Crippen LogP contribution < -0.4 is 14.2 Å². The van der Waals surface area contributed by atoms with Crippen molar-refractivity contribution in [2.45, 2.75) is 11.8 Å². The first kappa shape index (κ1) is 15.5. The number of hydrogen-bond donors (Lipinski definition) is 0. The quantitative estimate of drug-likeness (QED) is 0.747. The summed E-state index contributed by atoms with van der Waals surface area (Å²) < 4.78 is 16.0. The van der Waals surface area contributed by atoms with E-state index in [1.54, 1.807) is 21.3 Å². The molecule has 2 aromatic carbocycles. The van der Waals surface area contributed by atoms with Gasteiger partial charge in [-0.15, -0.1) is 11.6 Å². The highest BCUT2D eigenvalue weighted by atomic mass is 35.5. The molecule has 0 saturated heterocycles. The maximum absolute atomic E-state index is 6.59. The third-order valence-corrected chi connectivity index (χ3v) is 3.73. The number of rotatable bonds is 6. The molecular weight excluding hydrogens is 288 g/mol. The molecule has 0 fully saturated rings. The van der Waals surface area contributed by atoms with Gasteiger partial charge in [0.25, 0.3) is 0 Å². The van der Waals surface area contributed by atoms with Crippen LogP contribution in [0.3, 0.4) is 0 Å². The standard InChI is InChI=1S/C17H19ClO3/c1-19-13-9-7-12(8-10-13)11-14(18)17-15(20-2)5-4-6-16(17)21-3/h4-10,14H,11H2,1-3H3. The van der Waals surface area contributed by atoms with Gasteiger partial charge in [-0.1, -0.05) is 18.2 Å². The summed E-state index contributed by atoms with van der Waals surface area (Å²) in [5.41, 5.74) is 2.00. The first-order chi connectivity index (χ1) is 10.2. The molecule has 0 aliphatic carbocycles. The third kappa shape index (κ3) is 3.61. The highest BCUT2D eigenvalue weighted by Gasteiger charge is 2.19. The molecule has 0 spiro atoms. The second-order valence-corrected chi connectivity index (χ2v) is 5.12. The minimum atomic E-state index is -0.232. The zero-order valence-corrected chi connectivity index (χ0v) is 13.2. The average molecular weight is 307 g/mol. The van der Waals surface area contributed by atoms with E-state index in [1.165, 1.54) is 0 Å². The topological polar surface area (TPSA) is 27.7 Å². The van der Waals surface area contributed by atoms with E-state index < -0.39 is 0 Å². The van der Waals surface area contributed by atoms with E-state index >= 15 is 0 Å². The molecule has 2 aromatic rings. The molecule has 0 amide bonds. The summed E-state index contributed by atoms with van der Waals surface area (Å²) in [6, 6.07) is 13.5. The summed E-state index contributed by atoms with van der Waals surface area (Å²) in [6.07, 6.45) is 0.683. The first-order valence-electron chi connectivity index (χ1n) is 6.67. The van der Waals surface area contributed by atoms with Crippen molar-refractivity contribution in [1.29, 1.82) is 0 Å². The molecular formula is C17H19ClO3. The van der Waals surface area contributed by atoms with Gasteiger partial charge in [-0.2, -0.15) is 0 Å². The van der Waals surface area contributed by atoms with E-state index in [0.717, 1.165) is 28.4 Å². The van der Waals surface area contributed by atoms with Crippen LogP contribution in [0.4, 0.5) is 0 Å². The second kappa shape index (κ2) is 7.23. The van der Waals surface area contributed by atoms with Gasteiger partial charge in [0.15, 0.2) is 0 Å². The number of halogens is 1. The lowest BCUT2D eigenvalue weighted by Gasteiger charge is -2.17. The summed E-state index contributed by atoms with van der Waals surface area (Å²) in [5, 5.41) is -0.232. The van der Waals surface area contributed by atoms with Gasteiger partial charge in [-0.05, 0) is 36.2 Å². The molecule has 0 aliphatic rings. The van der Waals surface area contributed by atoms with Crippen molar-refractivity contribution in [1.82, 2.24) is 0 Å². The first-order valence-corrected chi connectivity index (χ1v) is 7.11. The molecule has 0 aliphatic heterocycles. The molecule has 112 valence electrons. The number of benzene rings is 2. The number of ether oxygens (including phenoxy) is 3. The normalized spacial score (nSPS) is 11.8. The molecule has 0 heterocycles. The van der Waals surface area contributed by atoms with E-state index in [4.69, 9.17) is 25.8 Å². The van der Waals surface area contributed by atoms with Crippen LogP contribution in [0.15, 0.2) is 42.5 Å². The van der Waals surface area contributed by atoms with Gasteiger partial charge in [0.2, 0.25) is 0 Å². The smallest absolute Gasteiger partial charge is 0.127 e. The summed E-state index contributed by atoms with van der Waals surface area (Å²) in [7, 11) is 4.92. The van der Waals surface area contributed by atoms with Crippen molar-refractivity contribution in [3.8, 4) is 17.2 Å². The average Bonchev–Trinajstić information content (AvgIpc) is 2.54. The van der Waals surface area contributed by atoms with Crippen molar-refractivity contribution in [2.75, 3.05) is 21.3 Å². The van der Waals surface area contributed by atoms with Crippen LogP contribution in [0.1, 0.15) is 16.5 Å². The van der Waals surface area contributed by atoms with Crippen LogP contribution in [0.2, 0.25) is 0 Å². The highest BCUT2D eigenvalue weighted by Crippen LogP contribution is 2.39. The molecule has 0 radical (unpaired) electrons. The summed E-state index contributed by atoms with van der Waals surface area (Å²) >= 11 is 6.59. The summed E-state index contributed by atoms with van der Waals surface area (Å²) in [5.74, 6) is 2.31. The molecule has 1 unspecified atom stereocenters. The lowest BCUT2D eigenvalue weighted by molar-refractivity contribution is 0.384. The van der Waals surface area contributed by atoms with Crippen molar-refractivity contribution in [2.24, 2.45) is 0 Å². The van der Waals surface area contributed by atoms with Gasteiger partial charge in [0, 0.05) is 0 Å². The Hall–Kier alpha value is -1.87.